The molecule has 0 radical (unpaired) electrons. The van der Waals surface area contributed by atoms with Crippen molar-refractivity contribution in [2.75, 3.05) is 18.1 Å². The van der Waals surface area contributed by atoms with E-state index < -0.39 is 6.67 Å². The highest BCUT2D eigenvalue weighted by atomic mass is 19.1. The summed E-state index contributed by atoms with van der Waals surface area (Å²) in [6.45, 7) is 4.71. The SMILES string of the molecule is C[C@]12CCC[C@](C)(CC(N(CCF)c3ccc(-c4ccc(-c5cn[nH]c5)cc4O)nn3)C1)C2. The van der Waals surface area contributed by atoms with Gasteiger partial charge in [0.1, 0.15) is 12.4 Å². The van der Waals surface area contributed by atoms with E-state index in [0.29, 0.717) is 34.4 Å². The van der Waals surface area contributed by atoms with Gasteiger partial charge in [-0.25, -0.2) is 4.39 Å². The van der Waals surface area contributed by atoms with Crippen molar-refractivity contribution in [2.45, 2.75) is 58.4 Å². The van der Waals surface area contributed by atoms with Gasteiger partial charge >= 0.3 is 0 Å². The van der Waals surface area contributed by atoms with Gasteiger partial charge in [0.25, 0.3) is 0 Å². The van der Waals surface area contributed by atoms with E-state index in [2.05, 4.69) is 39.1 Å². The van der Waals surface area contributed by atoms with E-state index in [1.807, 2.05) is 24.3 Å². The van der Waals surface area contributed by atoms with Crippen LogP contribution >= 0.6 is 0 Å². The van der Waals surface area contributed by atoms with Gasteiger partial charge in [0.15, 0.2) is 5.82 Å². The first-order valence-electron chi connectivity index (χ1n) is 11.9. The monoisotopic (exact) mass is 449 g/mol. The molecule has 0 amide bonds. The Balaban J connectivity index is 1.39. The molecule has 6 nitrogen and oxygen atoms in total. The first-order valence-corrected chi connectivity index (χ1v) is 11.9. The fraction of sp³-hybridized carbons (Fsp3) is 0.500. The summed E-state index contributed by atoms with van der Waals surface area (Å²) in [5.41, 5.74) is 3.62. The minimum atomic E-state index is -0.413. The van der Waals surface area contributed by atoms with Gasteiger partial charge in [0.05, 0.1) is 11.9 Å². The molecule has 5 rings (SSSR count). The number of hydrogen-bond donors (Lipinski definition) is 2. The van der Waals surface area contributed by atoms with Crippen LogP contribution in [0.1, 0.15) is 52.4 Å². The van der Waals surface area contributed by atoms with Crippen LogP contribution in [0.2, 0.25) is 0 Å². The summed E-state index contributed by atoms with van der Waals surface area (Å²) >= 11 is 0. The molecule has 1 aromatic carbocycles. The summed E-state index contributed by atoms with van der Waals surface area (Å²) in [4.78, 5) is 2.12. The third kappa shape index (κ3) is 4.33. The Hall–Kier alpha value is -2.96. The van der Waals surface area contributed by atoms with Crippen molar-refractivity contribution in [3.05, 3.63) is 42.7 Å². The molecule has 7 heteroatoms. The second-order valence-corrected chi connectivity index (χ2v) is 10.6. The molecular formula is C26H32FN5O. The van der Waals surface area contributed by atoms with Crippen LogP contribution in [-0.2, 0) is 0 Å². The molecule has 2 heterocycles. The zero-order valence-corrected chi connectivity index (χ0v) is 19.4. The zero-order chi connectivity index (χ0) is 23.1. The maximum atomic E-state index is 13.6. The number of phenols is 1. The van der Waals surface area contributed by atoms with Gasteiger partial charge in [-0.3, -0.25) is 5.10 Å². The van der Waals surface area contributed by atoms with Gasteiger partial charge in [-0.2, -0.15) is 5.10 Å². The number of aromatic hydroxyl groups is 1. The third-order valence-electron chi connectivity index (χ3n) is 7.69. The van der Waals surface area contributed by atoms with Crippen molar-refractivity contribution in [3.8, 4) is 28.1 Å². The molecule has 2 aromatic heterocycles. The number of H-pyrrole nitrogens is 1. The van der Waals surface area contributed by atoms with E-state index in [1.165, 1.54) is 25.7 Å². The number of phenolic OH excluding ortho intramolecular Hbond substituents is 1. The van der Waals surface area contributed by atoms with Crippen molar-refractivity contribution < 1.29 is 9.50 Å². The second-order valence-electron chi connectivity index (χ2n) is 10.6. The van der Waals surface area contributed by atoms with Crippen molar-refractivity contribution >= 4 is 5.82 Å². The van der Waals surface area contributed by atoms with Gasteiger partial charge in [-0.15, -0.1) is 10.2 Å². The Labute approximate surface area is 194 Å². The van der Waals surface area contributed by atoms with Crippen molar-refractivity contribution in [3.63, 3.8) is 0 Å². The number of aromatic nitrogens is 4. The van der Waals surface area contributed by atoms with Crippen molar-refractivity contribution in [1.82, 2.24) is 20.4 Å². The molecule has 2 aliphatic rings. The molecule has 2 saturated carbocycles. The van der Waals surface area contributed by atoms with Gasteiger partial charge in [-0.05, 0) is 72.8 Å². The molecule has 2 N–H and O–H groups in total. The van der Waals surface area contributed by atoms with Crippen LogP contribution in [0.3, 0.4) is 0 Å². The summed E-state index contributed by atoms with van der Waals surface area (Å²) in [6, 6.07) is 9.52. The minimum Gasteiger partial charge on any atom is -0.507 e. The molecule has 0 aliphatic heterocycles. The van der Waals surface area contributed by atoms with E-state index in [1.54, 1.807) is 18.5 Å². The largest absolute Gasteiger partial charge is 0.507 e. The standard InChI is InChI=1S/C26H32FN5O/c1-25-8-3-9-26(2,17-25)14-20(13-25)32(11-10-27)24-7-6-22(30-31-24)21-5-4-18(12-23(21)33)19-15-28-29-16-19/h4-7,12,15-16,20,33H,3,8-11,13-14,17H2,1-2H3,(H,28,29)/t20?,25-,26+. The molecule has 3 aromatic rings. The number of rotatable bonds is 6. The summed E-state index contributed by atoms with van der Waals surface area (Å²) in [5.74, 6) is 0.848. The predicted octanol–water partition coefficient (Wildman–Crippen LogP) is 5.76. The highest BCUT2D eigenvalue weighted by Crippen LogP contribution is 2.56. The summed E-state index contributed by atoms with van der Waals surface area (Å²) in [6.07, 6.45) is 10.7. The molecular weight excluding hydrogens is 417 g/mol. The maximum Gasteiger partial charge on any atom is 0.151 e. The average Bonchev–Trinajstić information content (AvgIpc) is 3.31. The molecule has 33 heavy (non-hydrogen) atoms. The number of benzene rings is 1. The number of nitrogens with zero attached hydrogens (tertiary/aromatic N) is 4. The lowest BCUT2D eigenvalue weighted by molar-refractivity contribution is 0.0128. The van der Waals surface area contributed by atoms with Crippen LogP contribution in [0.5, 0.6) is 5.75 Å². The van der Waals surface area contributed by atoms with Crippen LogP contribution in [-0.4, -0.2) is 44.8 Å². The Kier molecular flexibility index (Phi) is 5.59. The highest BCUT2D eigenvalue weighted by molar-refractivity contribution is 5.73. The average molecular weight is 450 g/mol. The fourth-order valence-electron chi connectivity index (χ4n) is 6.46. The molecule has 2 aliphatic carbocycles. The second kappa shape index (κ2) is 8.43. The summed E-state index contributed by atoms with van der Waals surface area (Å²) in [7, 11) is 0. The van der Waals surface area contributed by atoms with Crippen molar-refractivity contribution in [2.24, 2.45) is 10.8 Å². The quantitative estimate of drug-likeness (QED) is 0.500. The number of hydrogen-bond acceptors (Lipinski definition) is 5. The number of alkyl halides is 1. The van der Waals surface area contributed by atoms with Gasteiger partial charge in [-0.1, -0.05) is 26.3 Å². The number of anilines is 1. The van der Waals surface area contributed by atoms with E-state index in [-0.39, 0.29) is 11.8 Å². The Morgan fingerprint density at radius 1 is 1.09 bits per heavy atom. The molecule has 1 unspecified atom stereocenters. The van der Waals surface area contributed by atoms with E-state index in [0.717, 1.165) is 24.0 Å². The number of nitrogens with one attached hydrogen (secondary N) is 1. The molecule has 2 bridgehead atoms. The van der Waals surface area contributed by atoms with E-state index in [4.69, 9.17) is 0 Å². The van der Waals surface area contributed by atoms with Crippen LogP contribution < -0.4 is 4.90 Å². The molecule has 0 spiro atoms. The number of halogens is 1. The fourth-order valence-corrected chi connectivity index (χ4v) is 6.46. The van der Waals surface area contributed by atoms with Gasteiger partial charge < -0.3 is 10.0 Å². The Bertz CT molecular complexity index is 1080. The lowest BCUT2D eigenvalue weighted by Gasteiger charge is -2.54. The zero-order valence-electron chi connectivity index (χ0n) is 19.4. The lowest BCUT2D eigenvalue weighted by Crippen LogP contribution is -2.50. The normalized spacial score (nSPS) is 26.8. The number of fused-ring (bicyclic) bond motifs is 2. The maximum absolute atomic E-state index is 13.6. The Morgan fingerprint density at radius 3 is 2.48 bits per heavy atom. The minimum absolute atomic E-state index is 0.136. The third-order valence-corrected chi connectivity index (χ3v) is 7.69. The smallest absolute Gasteiger partial charge is 0.151 e. The molecule has 0 saturated heterocycles. The Morgan fingerprint density at radius 2 is 1.88 bits per heavy atom. The topological polar surface area (TPSA) is 77.9 Å². The molecule has 174 valence electrons. The van der Waals surface area contributed by atoms with Crippen molar-refractivity contribution in [1.29, 1.82) is 0 Å². The number of aromatic amines is 1. The first kappa shape index (κ1) is 21.9. The summed E-state index contributed by atoms with van der Waals surface area (Å²) < 4.78 is 13.6. The van der Waals surface area contributed by atoms with E-state index >= 15 is 0 Å². The molecule has 2 fully saturated rings. The first-order chi connectivity index (χ1) is 15.9. The highest BCUT2D eigenvalue weighted by Gasteiger charge is 2.47. The van der Waals surface area contributed by atoms with Gasteiger partial charge in [0, 0.05) is 29.9 Å². The molecule has 3 atom stereocenters. The van der Waals surface area contributed by atoms with E-state index in [9.17, 15) is 9.50 Å². The van der Waals surface area contributed by atoms with Crippen LogP contribution in [0.25, 0.3) is 22.4 Å². The van der Waals surface area contributed by atoms with Gasteiger partial charge in [0.2, 0.25) is 0 Å². The van der Waals surface area contributed by atoms with Crippen LogP contribution in [0, 0.1) is 10.8 Å². The van der Waals surface area contributed by atoms with Crippen LogP contribution in [0.15, 0.2) is 42.7 Å². The van der Waals surface area contributed by atoms with Crippen LogP contribution in [0.4, 0.5) is 10.2 Å². The summed E-state index contributed by atoms with van der Waals surface area (Å²) in [5, 5.41) is 26.2. The lowest BCUT2D eigenvalue weighted by atomic mass is 9.55. The predicted molar refractivity (Wildman–Crippen MR) is 128 cm³/mol.